The average Bonchev–Trinajstić information content (AvgIpc) is 3.13. The summed E-state index contributed by atoms with van der Waals surface area (Å²) >= 11 is 0. The van der Waals surface area contributed by atoms with Crippen molar-refractivity contribution >= 4 is 11.7 Å². The Hall–Kier alpha value is -1.75. The predicted octanol–water partition coefficient (Wildman–Crippen LogP) is 2.95. The summed E-state index contributed by atoms with van der Waals surface area (Å²) in [5.41, 5.74) is 1.88. The van der Waals surface area contributed by atoms with Gasteiger partial charge < -0.3 is 15.0 Å². The summed E-state index contributed by atoms with van der Waals surface area (Å²) in [6.45, 7) is 6.24. The van der Waals surface area contributed by atoms with E-state index in [1.54, 1.807) is 7.11 Å². The van der Waals surface area contributed by atoms with Crippen LogP contribution >= 0.6 is 0 Å². The maximum atomic E-state index is 12.6. The number of likely N-dealkylation sites (tertiary alicyclic amines) is 1. The molecule has 2 amide bonds. The van der Waals surface area contributed by atoms with Crippen molar-refractivity contribution in [1.82, 2.24) is 9.80 Å². The van der Waals surface area contributed by atoms with Crippen LogP contribution in [0.15, 0.2) is 18.2 Å². The molecule has 3 aliphatic heterocycles. The zero-order chi connectivity index (χ0) is 16.7. The second-order valence-corrected chi connectivity index (χ2v) is 7.50. The third kappa shape index (κ3) is 2.75. The lowest BCUT2D eigenvalue weighted by atomic mass is 9.90. The lowest BCUT2D eigenvalue weighted by molar-refractivity contribution is 0.157. The van der Waals surface area contributed by atoms with E-state index in [4.69, 9.17) is 4.74 Å². The number of ether oxygens (including phenoxy) is 1. The van der Waals surface area contributed by atoms with Gasteiger partial charge in [-0.15, -0.1) is 0 Å². The Morgan fingerprint density at radius 2 is 2.12 bits per heavy atom. The number of amides is 2. The van der Waals surface area contributed by atoms with E-state index in [0.29, 0.717) is 17.9 Å². The molecule has 5 nitrogen and oxygen atoms in total. The van der Waals surface area contributed by atoms with Gasteiger partial charge in [0.2, 0.25) is 0 Å². The van der Waals surface area contributed by atoms with Crippen molar-refractivity contribution < 1.29 is 9.53 Å². The van der Waals surface area contributed by atoms with Crippen LogP contribution in [-0.2, 0) is 0 Å². The number of methoxy groups -OCH3 is 1. The number of carbonyl (C=O) groups is 1. The number of hydrogen-bond acceptors (Lipinski definition) is 3. The van der Waals surface area contributed by atoms with E-state index in [0.717, 1.165) is 30.1 Å². The number of rotatable bonds is 2. The first kappa shape index (κ1) is 15.8. The van der Waals surface area contributed by atoms with Crippen LogP contribution in [0.4, 0.5) is 10.5 Å². The maximum Gasteiger partial charge on any atom is 0.321 e. The molecule has 3 saturated heterocycles. The van der Waals surface area contributed by atoms with Gasteiger partial charge in [0.15, 0.2) is 0 Å². The van der Waals surface area contributed by atoms with Crippen LogP contribution in [-0.4, -0.2) is 55.2 Å². The fourth-order valence-corrected chi connectivity index (χ4v) is 4.88. The molecule has 3 aliphatic rings. The number of nitrogens with one attached hydrogen (secondary N) is 1. The molecule has 0 saturated carbocycles. The highest BCUT2D eigenvalue weighted by Crippen LogP contribution is 2.40. The average molecular weight is 329 g/mol. The predicted molar refractivity (Wildman–Crippen MR) is 94.5 cm³/mol. The fraction of sp³-hybridized carbons (Fsp3) is 0.632. The Bertz CT molecular complexity index is 633. The summed E-state index contributed by atoms with van der Waals surface area (Å²) in [4.78, 5) is 17.3. The second-order valence-electron chi connectivity index (χ2n) is 7.50. The van der Waals surface area contributed by atoms with E-state index in [1.807, 2.05) is 30.0 Å². The minimum Gasteiger partial charge on any atom is -0.496 e. The van der Waals surface area contributed by atoms with Crippen molar-refractivity contribution in [3.8, 4) is 5.75 Å². The van der Waals surface area contributed by atoms with Gasteiger partial charge in [-0.3, -0.25) is 4.90 Å². The third-order valence-electron chi connectivity index (χ3n) is 6.05. The van der Waals surface area contributed by atoms with Crippen LogP contribution in [0, 0.1) is 18.8 Å². The Morgan fingerprint density at radius 3 is 2.92 bits per heavy atom. The van der Waals surface area contributed by atoms with Crippen molar-refractivity contribution in [3.05, 3.63) is 23.8 Å². The van der Waals surface area contributed by atoms with E-state index in [2.05, 4.69) is 10.2 Å². The molecule has 1 aromatic carbocycles. The van der Waals surface area contributed by atoms with Gasteiger partial charge in [-0.25, -0.2) is 4.79 Å². The van der Waals surface area contributed by atoms with Gasteiger partial charge in [-0.05, 0) is 61.9 Å². The standard InChI is InChI=1S/C19H27N3O2/c1-13-9-15(6-7-18(13)24-2)20-19(23)22-11-14-10-21-8-4-3-5-17(21)16(14)12-22/h6-7,9,14,16-17H,3-5,8,10-12H2,1-2H3,(H,20,23)/t14-,16-,17+/m0/s1. The highest BCUT2D eigenvalue weighted by atomic mass is 16.5. The number of benzene rings is 1. The van der Waals surface area contributed by atoms with Crippen LogP contribution in [0.3, 0.4) is 0 Å². The smallest absolute Gasteiger partial charge is 0.321 e. The Balaban J connectivity index is 1.39. The number of nitrogens with zero attached hydrogens (tertiary/aromatic N) is 2. The topological polar surface area (TPSA) is 44.8 Å². The number of aryl methyl sites for hydroxylation is 1. The third-order valence-corrected chi connectivity index (χ3v) is 6.05. The van der Waals surface area contributed by atoms with Gasteiger partial charge in [0.25, 0.3) is 0 Å². The molecule has 0 radical (unpaired) electrons. The molecule has 1 aromatic rings. The lowest BCUT2D eigenvalue weighted by Gasteiger charge is -2.33. The zero-order valence-electron chi connectivity index (χ0n) is 14.6. The molecule has 0 aliphatic carbocycles. The van der Waals surface area contributed by atoms with E-state index in [1.165, 1.54) is 32.4 Å². The van der Waals surface area contributed by atoms with Crippen molar-refractivity contribution in [2.75, 3.05) is 38.6 Å². The molecular weight excluding hydrogens is 302 g/mol. The number of hydrogen-bond donors (Lipinski definition) is 1. The molecule has 24 heavy (non-hydrogen) atoms. The second kappa shape index (κ2) is 6.28. The fourth-order valence-electron chi connectivity index (χ4n) is 4.88. The molecule has 3 heterocycles. The van der Waals surface area contributed by atoms with Gasteiger partial charge >= 0.3 is 6.03 Å². The van der Waals surface area contributed by atoms with Crippen LogP contribution in [0.1, 0.15) is 24.8 Å². The lowest BCUT2D eigenvalue weighted by Crippen LogP contribution is -2.41. The van der Waals surface area contributed by atoms with Crippen LogP contribution in [0.25, 0.3) is 0 Å². The highest BCUT2D eigenvalue weighted by molar-refractivity contribution is 5.89. The maximum absolute atomic E-state index is 12.6. The summed E-state index contributed by atoms with van der Waals surface area (Å²) in [5.74, 6) is 2.19. The SMILES string of the molecule is COc1ccc(NC(=O)N2C[C@@H]3CN4CCCC[C@@H]4[C@H]3C2)cc1C. The molecular formula is C19H27N3O2. The van der Waals surface area contributed by atoms with Gasteiger partial charge in [-0.1, -0.05) is 6.42 Å². The van der Waals surface area contributed by atoms with Crippen LogP contribution in [0.5, 0.6) is 5.75 Å². The first-order valence-corrected chi connectivity index (χ1v) is 9.10. The first-order chi connectivity index (χ1) is 11.7. The van der Waals surface area contributed by atoms with Crippen molar-refractivity contribution in [2.45, 2.75) is 32.2 Å². The summed E-state index contributed by atoms with van der Waals surface area (Å²) in [7, 11) is 1.66. The van der Waals surface area contributed by atoms with Gasteiger partial charge in [-0.2, -0.15) is 0 Å². The largest absolute Gasteiger partial charge is 0.496 e. The molecule has 0 bridgehead atoms. The van der Waals surface area contributed by atoms with E-state index < -0.39 is 0 Å². The van der Waals surface area contributed by atoms with Gasteiger partial charge in [0.1, 0.15) is 5.75 Å². The van der Waals surface area contributed by atoms with Crippen molar-refractivity contribution in [2.24, 2.45) is 11.8 Å². The summed E-state index contributed by atoms with van der Waals surface area (Å²) in [6.07, 6.45) is 4.01. The minimum atomic E-state index is 0.0383. The normalized spacial score (nSPS) is 29.2. The van der Waals surface area contributed by atoms with Crippen molar-refractivity contribution in [1.29, 1.82) is 0 Å². The number of carbonyl (C=O) groups excluding carboxylic acids is 1. The molecule has 0 aromatic heterocycles. The Kier molecular flexibility index (Phi) is 4.12. The molecule has 4 rings (SSSR count). The van der Waals surface area contributed by atoms with Gasteiger partial charge in [0, 0.05) is 31.4 Å². The highest BCUT2D eigenvalue weighted by Gasteiger charge is 2.48. The summed E-state index contributed by atoms with van der Waals surface area (Å²) in [6, 6.07) is 6.53. The Labute approximate surface area is 144 Å². The Morgan fingerprint density at radius 1 is 1.25 bits per heavy atom. The molecule has 1 N–H and O–H groups in total. The molecule has 3 fully saturated rings. The van der Waals surface area contributed by atoms with E-state index in [-0.39, 0.29) is 6.03 Å². The number of anilines is 1. The molecule has 0 spiro atoms. The number of fused-ring (bicyclic) bond motifs is 3. The number of piperidine rings is 1. The van der Waals surface area contributed by atoms with E-state index in [9.17, 15) is 4.79 Å². The zero-order valence-corrected chi connectivity index (χ0v) is 14.6. The molecule has 3 atom stereocenters. The monoisotopic (exact) mass is 329 g/mol. The van der Waals surface area contributed by atoms with Gasteiger partial charge in [0.05, 0.1) is 7.11 Å². The molecule has 5 heteroatoms. The van der Waals surface area contributed by atoms with E-state index >= 15 is 0 Å². The minimum absolute atomic E-state index is 0.0383. The summed E-state index contributed by atoms with van der Waals surface area (Å²) < 4.78 is 5.28. The quantitative estimate of drug-likeness (QED) is 0.907. The summed E-state index contributed by atoms with van der Waals surface area (Å²) in [5, 5.41) is 3.06. The molecule has 0 unspecified atom stereocenters. The van der Waals surface area contributed by atoms with Crippen LogP contribution in [0.2, 0.25) is 0 Å². The van der Waals surface area contributed by atoms with Crippen molar-refractivity contribution in [3.63, 3.8) is 0 Å². The molecule has 130 valence electrons. The first-order valence-electron chi connectivity index (χ1n) is 9.10. The van der Waals surface area contributed by atoms with Crippen LogP contribution < -0.4 is 10.1 Å². The number of urea groups is 1.